The van der Waals surface area contributed by atoms with Crippen LogP contribution >= 0.6 is 0 Å². The van der Waals surface area contributed by atoms with Gasteiger partial charge in [0.2, 0.25) is 21.7 Å². The fraction of sp³-hybridized carbons (Fsp3) is 0.267. The summed E-state index contributed by atoms with van der Waals surface area (Å²) in [6.07, 6.45) is 0. The second-order valence-corrected chi connectivity index (χ2v) is 7.32. The molecular formula is C15H15F4N3O3S. The SMILES string of the molecule is CCOc1ccc(Nc2c(F)c(F)nc(F)c2F)cc1S(=O)(=O)N(C)C. The first-order chi connectivity index (χ1) is 12.1. The largest absolute Gasteiger partial charge is 0.492 e. The van der Waals surface area contributed by atoms with Crippen molar-refractivity contribution in [3.8, 4) is 5.75 Å². The molecule has 2 rings (SSSR count). The Morgan fingerprint density at radius 2 is 1.69 bits per heavy atom. The van der Waals surface area contributed by atoms with E-state index in [1.54, 1.807) is 6.92 Å². The lowest BCUT2D eigenvalue weighted by Crippen LogP contribution is -2.23. The van der Waals surface area contributed by atoms with E-state index in [0.29, 0.717) is 0 Å². The third kappa shape index (κ3) is 3.73. The third-order valence-corrected chi connectivity index (χ3v) is 5.11. The highest BCUT2D eigenvalue weighted by Gasteiger charge is 2.25. The van der Waals surface area contributed by atoms with Crippen LogP contribution in [0.1, 0.15) is 6.92 Å². The highest BCUT2D eigenvalue weighted by molar-refractivity contribution is 7.89. The molecule has 0 saturated heterocycles. The molecule has 0 radical (unpaired) electrons. The Hall–Kier alpha value is -2.40. The maximum atomic E-state index is 13.7. The number of anilines is 2. The highest BCUT2D eigenvalue weighted by Crippen LogP contribution is 2.32. The van der Waals surface area contributed by atoms with Gasteiger partial charge < -0.3 is 10.1 Å². The van der Waals surface area contributed by atoms with Crippen LogP contribution in [-0.2, 0) is 10.0 Å². The van der Waals surface area contributed by atoms with Gasteiger partial charge in [-0.1, -0.05) is 0 Å². The van der Waals surface area contributed by atoms with E-state index in [2.05, 4.69) is 10.3 Å². The lowest BCUT2D eigenvalue weighted by molar-refractivity contribution is 0.330. The Balaban J connectivity index is 2.57. The van der Waals surface area contributed by atoms with Gasteiger partial charge in [0.05, 0.1) is 6.61 Å². The smallest absolute Gasteiger partial charge is 0.253 e. The summed E-state index contributed by atoms with van der Waals surface area (Å²) in [5, 5.41) is 2.13. The number of nitrogens with zero attached hydrogens (tertiary/aromatic N) is 2. The van der Waals surface area contributed by atoms with Crippen LogP contribution in [0, 0.1) is 23.5 Å². The van der Waals surface area contributed by atoms with Crippen LogP contribution in [0.2, 0.25) is 0 Å². The topological polar surface area (TPSA) is 71.5 Å². The van der Waals surface area contributed by atoms with Gasteiger partial charge in [-0.05, 0) is 25.1 Å². The molecule has 0 fully saturated rings. The summed E-state index contributed by atoms with van der Waals surface area (Å²) in [6, 6.07) is 3.54. The van der Waals surface area contributed by atoms with E-state index in [0.717, 1.165) is 10.4 Å². The Bertz CT molecular complexity index is 910. The van der Waals surface area contributed by atoms with Gasteiger partial charge in [0.1, 0.15) is 16.3 Å². The number of benzene rings is 1. The minimum atomic E-state index is -3.96. The summed E-state index contributed by atoms with van der Waals surface area (Å²) in [4.78, 5) is 2.16. The summed E-state index contributed by atoms with van der Waals surface area (Å²) >= 11 is 0. The maximum absolute atomic E-state index is 13.7. The molecular weight excluding hydrogens is 378 g/mol. The Labute approximate surface area is 147 Å². The lowest BCUT2D eigenvalue weighted by atomic mass is 10.2. The van der Waals surface area contributed by atoms with Crippen LogP contribution in [-0.4, -0.2) is 38.4 Å². The third-order valence-electron chi connectivity index (χ3n) is 3.27. The average Bonchev–Trinajstić information content (AvgIpc) is 2.58. The molecule has 0 unspecified atom stereocenters. The van der Waals surface area contributed by atoms with Gasteiger partial charge in [-0.15, -0.1) is 0 Å². The van der Waals surface area contributed by atoms with Crippen molar-refractivity contribution in [1.82, 2.24) is 9.29 Å². The molecule has 6 nitrogen and oxygen atoms in total. The number of pyridine rings is 1. The lowest BCUT2D eigenvalue weighted by Gasteiger charge is -2.17. The van der Waals surface area contributed by atoms with Gasteiger partial charge >= 0.3 is 0 Å². The Morgan fingerprint density at radius 1 is 1.12 bits per heavy atom. The van der Waals surface area contributed by atoms with E-state index < -0.39 is 39.2 Å². The second kappa shape index (κ2) is 7.46. The molecule has 1 aromatic carbocycles. The number of sulfonamides is 1. The first kappa shape index (κ1) is 19.9. The second-order valence-electron chi connectivity index (χ2n) is 5.20. The summed E-state index contributed by atoms with van der Waals surface area (Å²) in [5.74, 6) is -7.14. The molecule has 0 aliphatic heterocycles. The van der Waals surface area contributed by atoms with Crippen LogP contribution in [0.5, 0.6) is 5.75 Å². The fourth-order valence-electron chi connectivity index (χ4n) is 2.00. The summed E-state index contributed by atoms with van der Waals surface area (Å²) in [6.45, 7) is 1.82. The number of halogens is 4. The fourth-order valence-corrected chi connectivity index (χ4v) is 3.05. The Kier molecular flexibility index (Phi) is 5.71. The van der Waals surface area contributed by atoms with Gasteiger partial charge in [-0.2, -0.15) is 22.5 Å². The molecule has 0 aliphatic rings. The van der Waals surface area contributed by atoms with Crippen molar-refractivity contribution in [3.63, 3.8) is 0 Å². The number of nitrogens with one attached hydrogen (secondary N) is 1. The van der Waals surface area contributed by atoms with Crippen LogP contribution in [0.4, 0.5) is 28.9 Å². The number of rotatable bonds is 6. The van der Waals surface area contributed by atoms with Crippen molar-refractivity contribution in [1.29, 1.82) is 0 Å². The zero-order chi connectivity index (χ0) is 19.6. The summed E-state index contributed by atoms with van der Waals surface area (Å²) in [7, 11) is -1.38. The molecule has 0 amide bonds. The average molecular weight is 393 g/mol. The zero-order valence-corrected chi connectivity index (χ0v) is 14.8. The minimum Gasteiger partial charge on any atom is -0.492 e. The van der Waals surface area contributed by atoms with Crippen molar-refractivity contribution in [2.24, 2.45) is 0 Å². The molecule has 0 saturated carbocycles. The summed E-state index contributed by atoms with van der Waals surface area (Å²) < 4.78 is 84.9. The van der Waals surface area contributed by atoms with E-state index >= 15 is 0 Å². The molecule has 0 bridgehead atoms. The molecule has 0 aliphatic carbocycles. The molecule has 0 spiro atoms. The standard InChI is InChI=1S/C15H15F4N3O3S/c1-4-25-9-6-5-8(7-10(9)26(23,24)22(2)3)20-13-11(16)14(18)21-15(19)12(13)17/h5-7H,4H2,1-3H3,(H,20,21). The van der Waals surface area contributed by atoms with Crippen molar-refractivity contribution in [2.45, 2.75) is 11.8 Å². The predicted molar refractivity (Wildman–Crippen MR) is 85.8 cm³/mol. The van der Waals surface area contributed by atoms with Gasteiger partial charge in [-0.25, -0.2) is 12.7 Å². The van der Waals surface area contributed by atoms with E-state index in [1.165, 1.54) is 26.2 Å². The van der Waals surface area contributed by atoms with Gasteiger partial charge in [0, 0.05) is 19.8 Å². The quantitative estimate of drug-likeness (QED) is 0.603. The van der Waals surface area contributed by atoms with Gasteiger partial charge in [-0.3, -0.25) is 0 Å². The van der Waals surface area contributed by atoms with Gasteiger partial charge in [0.15, 0.2) is 0 Å². The number of hydrogen-bond acceptors (Lipinski definition) is 5. The van der Waals surface area contributed by atoms with Crippen LogP contribution in [0.15, 0.2) is 23.1 Å². The first-order valence-electron chi connectivity index (χ1n) is 7.26. The molecule has 142 valence electrons. The molecule has 1 aromatic heterocycles. The predicted octanol–water partition coefficient (Wildman–Crippen LogP) is 3.03. The highest BCUT2D eigenvalue weighted by atomic mass is 32.2. The minimum absolute atomic E-state index is 0.0137. The number of ether oxygens (including phenoxy) is 1. The van der Waals surface area contributed by atoms with Crippen molar-refractivity contribution in [2.75, 3.05) is 26.0 Å². The van der Waals surface area contributed by atoms with E-state index in [-0.39, 0.29) is 22.9 Å². The monoisotopic (exact) mass is 393 g/mol. The van der Waals surface area contributed by atoms with Gasteiger partial charge in [0.25, 0.3) is 11.9 Å². The molecule has 11 heteroatoms. The van der Waals surface area contributed by atoms with E-state index in [9.17, 15) is 26.0 Å². The van der Waals surface area contributed by atoms with Crippen LogP contribution < -0.4 is 10.1 Å². The zero-order valence-electron chi connectivity index (χ0n) is 14.0. The van der Waals surface area contributed by atoms with E-state index in [4.69, 9.17) is 4.74 Å². The van der Waals surface area contributed by atoms with Crippen LogP contribution in [0.3, 0.4) is 0 Å². The van der Waals surface area contributed by atoms with Crippen LogP contribution in [0.25, 0.3) is 0 Å². The molecule has 1 heterocycles. The van der Waals surface area contributed by atoms with E-state index in [1.807, 2.05) is 0 Å². The van der Waals surface area contributed by atoms with Crippen molar-refractivity contribution >= 4 is 21.4 Å². The first-order valence-corrected chi connectivity index (χ1v) is 8.70. The normalized spacial score (nSPS) is 11.7. The molecule has 1 N–H and O–H groups in total. The van der Waals surface area contributed by atoms with Crippen molar-refractivity contribution in [3.05, 3.63) is 41.7 Å². The van der Waals surface area contributed by atoms with Crippen molar-refractivity contribution < 1.29 is 30.7 Å². The summed E-state index contributed by atoms with van der Waals surface area (Å²) in [5.41, 5.74) is -1.26. The Morgan fingerprint density at radius 3 is 2.19 bits per heavy atom. The molecule has 26 heavy (non-hydrogen) atoms. The maximum Gasteiger partial charge on any atom is 0.253 e. The molecule has 2 aromatic rings. The molecule has 0 atom stereocenters. The number of aromatic nitrogens is 1. The number of hydrogen-bond donors (Lipinski definition) is 1.